The summed E-state index contributed by atoms with van der Waals surface area (Å²) in [5.41, 5.74) is 7.61. The molecule has 2 aromatic carbocycles. The van der Waals surface area contributed by atoms with Crippen LogP contribution in [0.3, 0.4) is 0 Å². The molecule has 0 spiro atoms. The maximum atomic E-state index is 12.3. The molecule has 1 amide bonds. The van der Waals surface area contributed by atoms with Crippen molar-refractivity contribution in [2.45, 2.75) is 13.3 Å². The van der Waals surface area contributed by atoms with Gasteiger partial charge >= 0.3 is 0 Å². The summed E-state index contributed by atoms with van der Waals surface area (Å²) in [6.07, 6.45) is 0.571. The van der Waals surface area contributed by atoms with Crippen molar-refractivity contribution in [2.75, 3.05) is 31.2 Å². The van der Waals surface area contributed by atoms with Crippen LogP contribution in [0, 0.1) is 17.0 Å². The van der Waals surface area contributed by atoms with Gasteiger partial charge in [-0.05, 0) is 31.0 Å². The Labute approximate surface area is 174 Å². The van der Waals surface area contributed by atoms with Crippen LogP contribution in [0.2, 0.25) is 5.02 Å². The third kappa shape index (κ3) is 5.90. The van der Waals surface area contributed by atoms with Gasteiger partial charge in [0, 0.05) is 25.2 Å². The fourth-order valence-corrected chi connectivity index (χ4v) is 2.63. The molecular formula is C18H22Cl2N4O4. The summed E-state index contributed by atoms with van der Waals surface area (Å²) in [5.74, 6) is -0.00197. The molecule has 0 aromatic heterocycles. The van der Waals surface area contributed by atoms with E-state index in [9.17, 15) is 14.9 Å². The highest BCUT2D eigenvalue weighted by Crippen LogP contribution is 2.29. The molecule has 8 nitrogen and oxygen atoms in total. The van der Waals surface area contributed by atoms with Gasteiger partial charge in [0.15, 0.2) is 0 Å². The van der Waals surface area contributed by atoms with E-state index in [1.807, 2.05) is 0 Å². The Hall–Kier alpha value is -2.71. The highest BCUT2D eigenvalue weighted by Gasteiger charge is 2.15. The van der Waals surface area contributed by atoms with E-state index in [-0.39, 0.29) is 29.0 Å². The minimum Gasteiger partial charge on any atom is -0.496 e. The largest absolute Gasteiger partial charge is 0.496 e. The molecule has 4 N–H and O–H groups in total. The molecule has 0 heterocycles. The van der Waals surface area contributed by atoms with Gasteiger partial charge in [0.2, 0.25) is 0 Å². The number of halogens is 2. The van der Waals surface area contributed by atoms with Gasteiger partial charge in [-0.25, -0.2) is 0 Å². The molecule has 0 radical (unpaired) electrons. The fraction of sp³-hybridized carbons (Fsp3) is 0.278. The SMILES string of the molecule is COc1cc(N)c(Cl)cc1C(=O)NCCCNc1ccc(C)cc1[N+](=O)[O-].Cl. The molecule has 2 aromatic rings. The minimum absolute atomic E-state index is 0. The van der Waals surface area contributed by atoms with Crippen LogP contribution in [0.4, 0.5) is 17.1 Å². The first kappa shape index (κ1) is 23.3. The first-order valence-electron chi connectivity index (χ1n) is 8.23. The second-order valence-electron chi connectivity index (χ2n) is 5.89. The number of nitro benzene ring substituents is 1. The van der Waals surface area contributed by atoms with Crippen molar-refractivity contribution < 1.29 is 14.5 Å². The van der Waals surface area contributed by atoms with Crippen molar-refractivity contribution in [2.24, 2.45) is 0 Å². The fourth-order valence-electron chi connectivity index (χ4n) is 2.47. The monoisotopic (exact) mass is 428 g/mol. The predicted molar refractivity (Wildman–Crippen MR) is 113 cm³/mol. The average molecular weight is 429 g/mol. The molecule has 0 aliphatic heterocycles. The lowest BCUT2D eigenvalue weighted by Crippen LogP contribution is -2.26. The Morgan fingerprint density at radius 3 is 2.64 bits per heavy atom. The Morgan fingerprint density at radius 2 is 2.00 bits per heavy atom. The van der Waals surface area contributed by atoms with Gasteiger partial charge in [0.1, 0.15) is 11.4 Å². The quantitative estimate of drug-likeness (QED) is 0.254. The van der Waals surface area contributed by atoms with Crippen LogP contribution in [0.1, 0.15) is 22.3 Å². The van der Waals surface area contributed by atoms with E-state index in [0.717, 1.165) is 5.56 Å². The van der Waals surface area contributed by atoms with E-state index in [2.05, 4.69) is 10.6 Å². The molecular weight excluding hydrogens is 407 g/mol. The molecule has 0 aliphatic carbocycles. The summed E-state index contributed by atoms with van der Waals surface area (Å²) in [5, 5.41) is 17.2. The van der Waals surface area contributed by atoms with Crippen molar-refractivity contribution in [3.63, 3.8) is 0 Å². The second kappa shape index (κ2) is 10.6. The van der Waals surface area contributed by atoms with Crippen LogP contribution < -0.4 is 21.1 Å². The molecule has 0 saturated heterocycles. The molecule has 10 heteroatoms. The number of nitrogen functional groups attached to an aromatic ring is 1. The number of nitrogens with zero attached hydrogens (tertiary/aromatic N) is 1. The Bertz CT molecular complexity index is 862. The highest BCUT2D eigenvalue weighted by molar-refractivity contribution is 6.33. The van der Waals surface area contributed by atoms with Gasteiger partial charge in [-0.2, -0.15) is 0 Å². The number of anilines is 2. The summed E-state index contributed by atoms with van der Waals surface area (Å²) in [4.78, 5) is 23.0. The number of amides is 1. The number of methoxy groups -OCH3 is 1. The van der Waals surface area contributed by atoms with Gasteiger partial charge in [0.05, 0.1) is 28.3 Å². The Balaban J connectivity index is 0.00000392. The molecule has 152 valence electrons. The number of hydrogen-bond donors (Lipinski definition) is 3. The van der Waals surface area contributed by atoms with Crippen molar-refractivity contribution in [3.8, 4) is 5.75 Å². The van der Waals surface area contributed by atoms with Gasteiger partial charge in [0.25, 0.3) is 11.6 Å². The summed E-state index contributed by atoms with van der Waals surface area (Å²) in [6, 6.07) is 7.94. The van der Waals surface area contributed by atoms with E-state index < -0.39 is 4.92 Å². The summed E-state index contributed by atoms with van der Waals surface area (Å²) in [7, 11) is 1.44. The zero-order valence-corrected chi connectivity index (χ0v) is 17.0. The number of aryl methyl sites for hydroxylation is 1. The van der Waals surface area contributed by atoms with Crippen LogP contribution in [-0.4, -0.2) is 31.0 Å². The first-order chi connectivity index (χ1) is 12.8. The van der Waals surface area contributed by atoms with Crippen LogP contribution in [0.5, 0.6) is 5.75 Å². The topological polar surface area (TPSA) is 120 Å². The Morgan fingerprint density at radius 1 is 1.29 bits per heavy atom. The lowest BCUT2D eigenvalue weighted by molar-refractivity contribution is -0.384. The first-order valence-corrected chi connectivity index (χ1v) is 8.61. The van der Waals surface area contributed by atoms with Gasteiger partial charge in [-0.3, -0.25) is 14.9 Å². The molecule has 2 rings (SSSR count). The third-order valence-electron chi connectivity index (χ3n) is 3.87. The van der Waals surface area contributed by atoms with Crippen LogP contribution in [-0.2, 0) is 0 Å². The smallest absolute Gasteiger partial charge is 0.292 e. The third-order valence-corrected chi connectivity index (χ3v) is 4.20. The van der Waals surface area contributed by atoms with E-state index >= 15 is 0 Å². The van der Waals surface area contributed by atoms with Crippen LogP contribution in [0.15, 0.2) is 30.3 Å². The van der Waals surface area contributed by atoms with Crippen molar-refractivity contribution in [1.82, 2.24) is 5.32 Å². The summed E-state index contributed by atoms with van der Waals surface area (Å²) >= 11 is 5.96. The maximum Gasteiger partial charge on any atom is 0.292 e. The molecule has 0 unspecified atom stereocenters. The Kier molecular flexibility index (Phi) is 8.81. The number of rotatable bonds is 8. The molecule has 0 atom stereocenters. The van der Waals surface area contributed by atoms with Crippen molar-refractivity contribution in [1.29, 1.82) is 0 Å². The van der Waals surface area contributed by atoms with Gasteiger partial charge in [-0.1, -0.05) is 17.7 Å². The zero-order chi connectivity index (χ0) is 20.0. The summed E-state index contributed by atoms with van der Waals surface area (Å²) < 4.78 is 5.16. The number of hydrogen-bond acceptors (Lipinski definition) is 6. The number of nitrogens with one attached hydrogen (secondary N) is 2. The molecule has 0 fully saturated rings. The van der Waals surface area contributed by atoms with Gasteiger partial charge in [-0.15, -0.1) is 12.4 Å². The van der Waals surface area contributed by atoms with E-state index in [1.54, 1.807) is 19.1 Å². The number of nitro groups is 1. The number of ether oxygens (including phenoxy) is 1. The maximum absolute atomic E-state index is 12.3. The number of carbonyl (C=O) groups is 1. The number of carbonyl (C=O) groups excluding carboxylic acids is 1. The summed E-state index contributed by atoms with van der Waals surface area (Å²) in [6.45, 7) is 2.63. The van der Waals surface area contributed by atoms with E-state index in [1.165, 1.54) is 25.3 Å². The predicted octanol–water partition coefficient (Wildman–Crippen LogP) is 3.80. The number of benzene rings is 2. The average Bonchev–Trinajstić information content (AvgIpc) is 2.63. The molecule has 0 aliphatic rings. The molecule has 0 saturated carbocycles. The standard InChI is InChI=1S/C18H21ClN4O4.ClH/c1-11-4-5-15(16(8-11)23(25)26)21-6-3-7-22-18(24)12-9-13(19)14(20)10-17(12)27-2;/h4-5,8-10,21H,3,6-7,20H2,1-2H3,(H,22,24);1H. The van der Waals surface area contributed by atoms with Gasteiger partial charge < -0.3 is 21.1 Å². The lowest BCUT2D eigenvalue weighted by Gasteiger charge is -2.12. The van der Waals surface area contributed by atoms with E-state index in [0.29, 0.717) is 42.2 Å². The second-order valence-corrected chi connectivity index (χ2v) is 6.30. The highest BCUT2D eigenvalue weighted by atomic mass is 35.5. The molecule has 0 bridgehead atoms. The van der Waals surface area contributed by atoms with Crippen molar-refractivity contribution in [3.05, 3.63) is 56.6 Å². The lowest BCUT2D eigenvalue weighted by atomic mass is 10.1. The molecule has 28 heavy (non-hydrogen) atoms. The zero-order valence-electron chi connectivity index (χ0n) is 15.5. The normalized spacial score (nSPS) is 9.96. The van der Waals surface area contributed by atoms with Crippen molar-refractivity contribution >= 4 is 47.0 Å². The minimum atomic E-state index is -0.422. The van der Waals surface area contributed by atoms with E-state index in [4.69, 9.17) is 22.1 Å². The van der Waals surface area contributed by atoms with Crippen LogP contribution in [0.25, 0.3) is 0 Å². The number of nitrogens with two attached hydrogens (primary N) is 1. The van der Waals surface area contributed by atoms with Crippen LogP contribution >= 0.6 is 24.0 Å².